The van der Waals surface area contributed by atoms with Gasteiger partial charge >= 0.3 is 0 Å². The van der Waals surface area contributed by atoms with Crippen LogP contribution in [0.25, 0.3) is 0 Å². The van der Waals surface area contributed by atoms with Crippen LogP contribution in [-0.2, 0) is 10.0 Å². The van der Waals surface area contributed by atoms with Crippen LogP contribution in [0.5, 0.6) is 0 Å². The van der Waals surface area contributed by atoms with E-state index in [1.807, 2.05) is 0 Å². The van der Waals surface area contributed by atoms with Gasteiger partial charge in [0.05, 0.1) is 18.1 Å². The molecule has 0 bridgehead atoms. The maximum Gasteiger partial charge on any atom is 0.266 e. The molecule has 0 aliphatic rings. The van der Waals surface area contributed by atoms with Gasteiger partial charge in [0.25, 0.3) is 16.0 Å². The quantitative estimate of drug-likeness (QED) is 0.780. The number of nitrogens with zero attached hydrogens (tertiary/aromatic N) is 3. The van der Waals surface area contributed by atoms with Gasteiger partial charge in [-0.1, -0.05) is 0 Å². The topological polar surface area (TPSA) is 111 Å². The highest BCUT2D eigenvalue weighted by molar-refractivity contribution is 7.92. The molecule has 9 heteroatoms. The molecule has 2 aromatic rings. The summed E-state index contributed by atoms with van der Waals surface area (Å²) in [5, 5.41) is 6.94. The maximum atomic E-state index is 12.8. The van der Waals surface area contributed by atoms with Gasteiger partial charge in [0, 0.05) is 0 Å². The minimum atomic E-state index is -3.97. The Morgan fingerprint density at radius 2 is 2.06 bits per heavy atom. The predicted octanol–water partition coefficient (Wildman–Crippen LogP) is 0.394. The molecular weight excluding hydrogens is 261 g/mol. The molecule has 0 atom stereocenters. The van der Waals surface area contributed by atoms with Crippen molar-refractivity contribution in [2.45, 2.75) is 4.90 Å². The largest absolute Gasteiger partial charge is 0.398 e. The SMILES string of the molecule is Nc1cc(F)ccc1S(=O)(=O)Nc1nccnn1. The summed E-state index contributed by atoms with van der Waals surface area (Å²) in [5.74, 6) is -0.815. The van der Waals surface area contributed by atoms with E-state index in [2.05, 4.69) is 19.9 Å². The van der Waals surface area contributed by atoms with Gasteiger partial charge in [-0.2, -0.15) is 5.10 Å². The molecule has 0 radical (unpaired) electrons. The van der Waals surface area contributed by atoms with Crippen LogP contribution < -0.4 is 10.5 Å². The van der Waals surface area contributed by atoms with Gasteiger partial charge in [0.15, 0.2) is 0 Å². The van der Waals surface area contributed by atoms with E-state index in [1.54, 1.807) is 0 Å². The monoisotopic (exact) mass is 269 g/mol. The van der Waals surface area contributed by atoms with E-state index in [1.165, 1.54) is 12.4 Å². The smallest absolute Gasteiger partial charge is 0.266 e. The van der Waals surface area contributed by atoms with Gasteiger partial charge in [-0.3, -0.25) is 0 Å². The number of anilines is 2. The minimum absolute atomic E-state index is 0.193. The molecule has 18 heavy (non-hydrogen) atoms. The van der Waals surface area contributed by atoms with E-state index in [0.29, 0.717) is 0 Å². The van der Waals surface area contributed by atoms with Crippen LogP contribution in [0.15, 0.2) is 35.5 Å². The molecule has 7 nitrogen and oxygen atoms in total. The second-order valence-electron chi connectivity index (χ2n) is 3.25. The lowest BCUT2D eigenvalue weighted by molar-refractivity contribution is 0.599. The molecule has 94 valence electrons. The zero-order chi connectivity index (χ0) is 13.2. The Morgan fingerprint density at radius 1 is 1.28 bits per heavy atom. The van der Waals surface area contributed by atoms with Crippen LogP contribution >= 0.6 is 0 Å². The first-order valence-corrected chi connectivity index (χ1v) is 6.19. The van der Waals surface area contributed by atoms with Crippen LogP contribution in [0.2, 0.25) is 0 Å². The Kier molecular flexibility index (Phi) is 3.06. The molecule has 0 fully saturated rings. The average Bonchev–Trinajstić information content (AvgIpc) is 2.29. The number of nitrogen functional groups attached to an aromatic ring is 1. The summed E-state index contributed by atoms with van der Waals surface area (Å²) in [7, 11) is -3.97. The Labute approximate surface area is 102 Å². The Hall–Kier alpha value is -2.29. The minimum Gasteiger partial charge on any atom is -0.398 e. The number of aromatic nitrogens is 3. The van der Waals surface area contributed by atoms with Gasteiger partial charge in [0.1, 0.15) is 10.7 Å². The van der Waals surface area contributed by atoms with E-state index in [0.717, 1.165) is 18.2 Å². The number of nitrogens with two attached hydrogens (primary N) is 1. The number of nitrogens with one attached hydrogen (secondary N) is 1. The molecule has 2 rings (SSSR count). The van der Waals surface area contributed by atoms with Crippen molar-refractivity contribution in [2.24, 2.45) is 0 Å². The van der Waals surface area contributed by atoms with E-state index in [4.69, 9.17) is 5.73 Å². The normalized spacial score (nSPS) is 11.2. The van der Waals surface area contributed by atoms with E-state index < -0.39 is 15.8 Å². The molecule has 1 aromatic carbocycles. The summed E-state index contributed by atoms with van der Waals surface area (Å²) in [5.41, 5.74) is 5.24. The lowest BCUT2D eigenvalue weighted by Gasteiger charge is -2.08. The van der Waals surface area contributed by atoms with Crippen molar-refractivity contribution in [1.29, 1.82) is 0 Å². The van der Waals surface area contributed by atoms with Crippen molar-refractivity contribution in [3.63, 3.8) is 0 Å². The van der Waals surface area contributed by atoms with E-state index in [9.17, 15) is 12.8 Å². The third-order valence-electron chi connectivity index (χ3n) is 1.97. The van der Waals surface area contributed by atoms with Crippen LogP contribution in [0.4, 0.5) is 16.0 Å². The standard InChI is InChI=1S/C9H8FN5O2S/c10-6-1-2-8(7(11)5-6)18(16,17)15-9-12-3-4-13-14-9/h1-5H,11H2,(H,12,14,15). The Balaban J connectivity index is 2.37. The van der Waals surface area contributed by atoms with Crippen molar-refractivity contribution in [3.8, 4) is 0 Å². The van der Waals surface area contributed by atoms with E-state index >= 15 is 0 Å². The molecule has 0 aliphatic heterocycles. The number of halogens is 1. The number of benzene rings is 1. The molecule has 0 saturated carbocycles. The summed E-state index contributed by atoms with van der Waals surface area (Å²) >= 11 is 0. The highest BCUT2D eigenvalue weighted by Gasteiger charge is 2.19. The first-order chi connectivity index (χ1) is 8.49. The molecule has 1 heterocycles. The summed E-state index contributed by atoms with van der Waals surface area (Å²) in [6, 6.07) is 2.97. The van der Waals surface area contributed by atoms with Crippen molar-refractivity contribution < 1.29 is 12.8 Å². The summed E-state index contributed by atoms with van der Waals surface area (Å²) in [6.07, 6.45) is 2.57. The first-order valence-electron chi connectivity index (χ1n) is 4.70. The Morgan fingerprint density at radius 3 is 2.67 bits per heavy atom. The maximum absolute atomic E-state index is 12.8. The van der Waals surface area contributed by atoms with Crippen LogP contribution in [0, 0.1) is 5.82 Å². The zero-order valence-corrected chi connectivity index (χ0v) is 9.72. The van der Waals surface area contributed by atoms with Gasteiger partial charge in [-0.05, 0) is 18.2 Å². The Bertz CT molecular complexity index is 662. The lowest BCUT2D eigenvalue weighted by Crippen LogP contribution is -2.16. The van der Waals surface area contributed by atoms with Gasteiger partial charge in [-0.25, -0.2) is 22.5 Å². The summed E-state index contributed by atoms with van der Waals surface area (Å²) < 4.78 is 38.7. The van der Waals surface area contributed by atoms with Gasteiger partial charge < -0.3 is 5.73 Å². The predicted molar refractivity (Wildman–Crippen MR) is 61.4 cm³/mol. The third kappa shape index (κ3) is 2.51. The molecular formula is C9H8FN5O2S. The van der Waals surface area contributed by atoms with Crippen LogP contribution in [-0.4, -0.2) is 23.6 Å². The van der Waals surface area contributed by atoms with Crippen molar-refractivity contribution >= 4 is 21.7 Å². The van der Waals surface area contributed by atoms with Crippen molar-refractivity contribution in [3.05, 3.63) is 36.4 Å². The average molecular weight is 269 g/mol. The zero-order valence-electron chi connectivity index (χ0n) is 8.91. The first kappa shape index (κ1) is 12.2. The fraction of sp³-hybridized carbons (Fsp3) is 0. The third-order valence-corrected chi connectivity index (χ3v) is 3.37. The molecule has 1 aromatic heterocycles. The van der Waals surface area contributed by atoms with Gasteiger partial charge in [0.2, 0.25) is 0 Å². The van der Waals surface area contributed by atoms with E-state index in [-0.39, 0.29) is 16.5 Å². The summed E-state index contributed by atoms with van der Waals surface area (Å²) in [6.45, 7) is 0. The number of hydrogen-bond donors (Lipinski definition) is 2. The second-order valence-corrected chi connectivity index (χ2v) is 4.90. The highest BCUT2D eigenvalue weighted by Crippen LogP contribution is 2.20. The lowest BCUT2D eigenvalue weighted by atomic mass is 10.3. The van der Waals surface area contributed by atoms with Crippen LogP contribution in [0.1, 0.15) is 0 Å². The number of rotatable bonds is 3. The fourth-order valence-corrected chi connectivity index (χ4v) is 2.29. The second kappa shape index (κ2) is 4.53. The van der Waals surface area contributed by atoms with Crippen molar-refractivity contribution in [2.75, 3.05) is 10.5 Å². The molecule has 0 unspecified atom stereocenters. The molecule has 0 spiro atoms. The van der Waals surface area contributed by atoms with Gasteiger partial charge in [-0.15, -0.1) is 5.10 Å². The summed E-state index contributed by atoms with van der Waals surface area (Å²) in [4.78, 5) is 3.40. The molecule has 3 N–H and O–H groups in total. The molecule has 0 aliphatic carbocycles. The van der Waals surface area contributed by atoms with Crippen LogP contribution in [0.3, 0.4) is 0 Å². The number of hydrogen-bond acceptors (Lipinski definition) is 6. The van der Waals surface area contributed by atoms with Crippen molar-refractivity contribution in [1.82, 2.24) is 15.2 Å². The molecule has 0 amide bonds. The molecule has 0 saturated heterocycles. The highest BCUT2D eigenvalue weighted by atomic mass is 32.2. The number of sulfonamides is 1. The fourth-order valence-electron chi connectivity index (χ4n) is 1.23.